The van der Waals surface area contributed by atoms with Gasteiger partial charge in [-0.1, -0.05) is 12.5 Å². The van der Waals surface area contributed by atoms with Crippen LogP contribution in [-0.4, -0.2) is 60.5 Å². The lowest BCUT2D eigenvalue weighted by molar-refractivity contribution is -0.134. The lowest BCUT2D eigenvalue weighted by Gasteiger charge is -2.31. The molecule has 1 N–H and O–H groups in total. The predicted octanol–water partition coefficient (Wildman–Crippen LogP) is 1.11. The maximum absolute atomic E-state index is 12.7. The van der Waals surface area contributed by atoms with Crippen LogP contribution < -0.4 is 5.32 Å². The zero-order chi connectivity index (χ0) is 15.1. The Labute approximate surface area is 127 Å². The zero-order valence-electron chi connectivity index (χ0n) is 13.1. The minimum Gasteiger partial charge on any atom is -0.336 e. The summed E-state index contributed by atoms with van der Waals surface area (Å²) in [6, 6.07) is 3.93. The third-order valence-electron chi connectivity index (χ3n) is 3.83. The van der Waals surface area contributed by atoms with E-state index >= 15 is 0 Å². The minimum atomic E-state index is -0.0161. The Morgan fingerprint density at radius 3 is 2.86 bits per heavy atom. The number of hydrogen-bond donors (Lipinski definition) is 1. The Balaban J connectivity index is 2.01. The Hall–Kier alpha value is -1.46. The Kier molecular flexibility index (Phi) is 6.14. The first-order chi connectivity index (χ1) is 10.2. The second-order valence-corrected chi connectivity index (χ2v) is 5.93. The van der Waals surface area contributed by atoms with E-state index < -0.39 is 0 Å². The van der Waals surface area contributed by atoms with E-state index in [1.807, 2.05) is 37.3 Å². The fraction of sp³-hybridized carbons (Fsp3) is 0.625. The van der Waals surface area contributed by atoms with Crippen molar-refractivity contribution in [1.29, 1.82) is 0 Å². The van der Waals surface area contributed by atoms with E-state index in [9.17, 15) is 4.79 Å². The number of rotatable bonds is 6. The van der Waals surface area contributed by atoms with Gasteiger partial charge in [0.15, 0.2) is 0 Å². The molecule has 1 aromatic rings. The largest absolute Gasteiger partial charge is 0.336 e. The van der Waals surface area contributed by atoms with E-state index in [1.165, 1.54) is 6.42 Å². The summed E-state index contributed by atoms with van der Waals surface area (Å²) >= 11 is 0. The lowest BCUT2D eigenvalue weighted by atomic mass is 10.0. The topological polar surface area (TPSA) is 48.5 Å². The summed E-state index contributed by atoms with van der Waals surface area (Å²) in [5.41, 5.74) is 1.08. The number of carbonyl (C=O) groups excluding carboxylic acids is 1. The highest BCUT2D eigenvalue weighted by molar-refractivity contribution is 5.82. The molecule has 2 rings (SSSR count). The van der Waals surface area contributed by atoms with Crippen molar-refractivity contribution >= 4 is 5.91 Å². The van der Waals surface area contributed by atoms with Gasteiger partial charge in [0, 0.05) is 32.0 Å². The normalized spacial score (nSPS) is 18.7. The maximum atomic E-state index is 12.7. The predicted molar refractivity (Wildman–Crippen MR) is 83.8 cm³/mol. The molecule has 1 atom stereocenters. The van der Waals surface area contributed by atoms with Crippen LogP contribution in [-0.2, 0) is 11.3 Å². The van der Waals surface area contributed by atoms with Gasteiger partial charge in [-0.25, -0.2) is 0 Å². The summed E-state index contributed by atoms with van der Waals surface area (Å²) in [4.78, 5) is 20.9. The molecule has 0 bridgehead atoms. The number of amides is 1. The summed E-state index contributed by atoms with van der Waals surface area (Å²) in [6.45, 7) is 3.21. The van der Waals surface area contributed by atoms with Gasteiger partial charge in [-0.15, -0.1) is 0 Å². The van der Waals surface area contributed by atoms with Crippen LogP contribution in [0.1, 0.15) is 24.8 Å². The Morgan fingerprint density at radius 2 is 2.24 bits per heavy atom. The van der Waals surface area contributed by atoms with Crippen LogP contribution in [0.3, 0.4) is 0 Å². The standard InChI is InChI=1S/C16H26N4O/c1-19(2)10-11-20(13-14-6-5-8-17-12-14)16(21)15-7-3-4-9-18-15/h5-6,8,12,15,18H,3-4,7,9-11,13H2,1-2H3/t15-/m1/s1. The molecular weight excluding hydrogens is 264 g/mol. The highest BCUT2D eigenvalue weighted by Gasteiger charge is 2.25. The molecule has 1 aromatic heterocycles. The third kappa shape index (κ3) is 5.10. The number of pyridine rings is 1. The average molecular weight is 290 g/mol. The maximum Gasteiger partial charge on any atom is 0.240 e. The van der Waals surface area contributed by atoms with Crippen molar-refractivity contribution in [3.05, 3.63) is 30.1 Å². The summed E-state index contributed by atoms with van der Waals surface area (Å²) in [5.74, 6) is 0.223. The Bertz CT molecular complexity index is 429. The smallest absolute Gasteiger partial charge is 0.240 e. The molecule has 0 unspecified atom stereocenters. The number of aromatic nitrogens is 1. The van der Waals surface area contributed by atoms with Gasteiger partial charge in [0.25, 0.3) is 0 Å². The molecule has 116 valence electrons. The molecule has 1 saturated heterocycles. The minimum absolute atomic E-state index is 0.0161. The molecule has 5 heteroatoms. The van der Waals surface area contributed by atoms with E-state index in [1.54, 1.807) is 6.20 Å². The summed E-state index contributed by atoms with van der Waals surface area (Å²) in [5, 5.41) is 3.35. The molecule has 1 aliphatic heterocycles. The van der Waals surface area contributed by atoms with Gasteiger partial charge in [0.2, 0.25) is 5.91 Å². The summed E-state index contributed by atoms with van der Waals surface area (Å²) < 4.78 is 0. The summed E-state index contributed by atoms with van der Waals surface area (Å²) in [6.07, 6.45) is 6.86. The van der Waals surface area contributed by atoms with Gasteiger partial charge < -0.3 is 15.1 Å². The van der Waals surface area contributed by atoms with Crippen LogP contribution in [0.2, 0.25) is 0 Å². The molecule has 1 aliphatic rings. The van der Waals surface area contributed by atoms with E-state index in [-0.39, 0.29) is 11.9 Å². The molecule has 0 aliphatic carbocycles. The molecule has 0 aromatic carbocycles. The molecule has 0 radical (unpaired) electrons. The fourth-order valence-corrected chi connectivity index (χ4v) is 2.58. The van der Waals surface area contributed by atoms with Gasteiger partial charge in [-0.3, -0.25) is 9.78 Å². The zero-order valence-corrected chi connectivity index (χ0v) is 13.1. The van der Waals surface area contributed by atoms with E-state index in [4.69, 9.17) is 0 Å². The second-order valence-electron chi connectivity index (χ2n) is 5.93. The molecule has 5 nitrogen and oxygen atoms in total. The number of carbonyl (C=O) groups is 1. The van der Waals surface area contributed by atoms with Gasteiger partial charge in [-0.05, 0) is 45.1 Å². The average Bonchev–Trinajstić information content (AvgIpc) is 2.52. The highest BCUT2D eigenvalue weighted by atomic mass is 16.2. The lowest BCUT2D eigenvalue weighted by Crippen LogP contribution is -2.49. The van der Waals surface area contributed by atoms with E-state index in [2.05, 4.69) is 15.2 Å². The first kappa shape index (κ1) is 15.9. The number of piperidine rings is 1. The first-order valence-corrected chi connectivity index (χ1v) is 7.72. The van der Waals surface area contributed by atoms with Crippen LogP contribution >= 0.6 is 0 Å². The Morgan fingerprint density at radius 1 is 1.38 bits per heavy atom. The molecule has 21 heavy (non-hydrogen) atoms. The van der Waals surface area contributed by atoms with Gasteiger partial charge in [0.05, 0.1) is 6.04 Å². The van der Waals surface area contributed by atoms with E-state index in [0.717, 1.165) is 38.0 Å². The monoisotopic (exact) mass is 290 g/mol. The van der Waals surface area contributed by atoms with Gasteiger partial charge in [-0.2, -0.15) is 0 Å². The second kappa shape index (κ2) is 8.10. The highest BCUT2D eigenvalue weighted by Crippen LogP contribution is 2.12. The molecule has 0 saturated carbocycles. The van der Waals surface area contributed by atoms with E-state index in [0.29, 0.717) is 6.54 Å². The van der Waals surface area contributed by atoms with Crippen molar-refractivity contribution in [1.82, 2.24) is 20.1 Å². The number of nitrogens with one attached hydrogen (secondary N) is 1. The first-order valence-electron chi connectivity index (χ1n) is 7.72. The number of likely N-dealkylation sites (N-methyl/N-ethyl adjacent to an activating group) is 1. The van der Waals surface area contributed by atoms with Crippen molar-refractivity contribution in [2.24, 2.45) is 0 Å². The SMILES string of the molecule is CN(C)CCN(Cc1cccnc1)C(=O)[C@H]1CCCCN1. The van der Waals surface area contributed by atoms with Crippen molar-refractivity contribution < 1.29 is 4.79 Å². The van der Waals surface area contributed by atoms with Crippen LogP contribution in [0.25, 0.3) is 0 Å². The van der Waals surface area contributed by atoms with Crippen LogP contribution in [0.5, 0.6) is 0 Å². The van der Waals surface area contributed by atoms with Crippen LogP contribution in [0, 0.1) is 0 Å². The summed E-state index contributed by atoms with van der Waals surface area (Å²) in [7, 11) is 4.07. The van der Waals surface area contributed by atoms with Crippen molar-refractivity contribution in [2.75, 3.05) is 33.7 Å². The van der Waals surface area contributed by atoms with Crippen molar-refractivity contribution in [3.63, 3.8) is 0 Å². The van der Waals surface area contributed by atoms with Crippen molar-refractivity contribution in [2.45, 2.75) is 31.8 Å². The molecule has 1 fully saturated rings. The molecule has 1 amide bonds. The van der Waals surface area contributed by atoms with Crippen LogP contribution in [0.4, 0.5) is 0 Å². The van der Waals surface area contributed by atoms with Crippen LogP contribution in [0.15, 0.2) is 24.5 Å². The molecule has 0 spiro atoms. The number of nitrogens with zero attached hydrogens (tertiary/aromatic N) is 3. The molecular formula is C16H26N4O. The number of hydrogen-bond acceptors (Lipinski definition) is 4. The van der Waals surface area contributed by atoms with Gasteiger partial charge >= 0.3 is 0 Å². The quantitative estimate of drug-likeness (QED) is 0.853. The fourth-order valence-electron chi connectivity index (χ4n) is 2.58. The van der Waals surface area contributed by atoms with Crippen molar-refractivity contribution in [3.8, 4) is 0 Å². The van der Waals surface area contributed by atoms with Gasteiger partial charge in [0.1, 0.15) is 0 Å². The molecule has 2 heterocycles. The third-order valence-corrected chi connectivity index (χ3v) is 3.83.